The first-order valence-corrected chi connectivity index (χ1v) is 9.43. The van der Waals surface area contributed by atoms with Gasteiger partial charge in [-0.05, 0) is 37.1 Å². The Balaban J connectivity index is 1.66. The van der Waals surface area contributed by atoms with Crippen LogP contribution in [0.25, 0.3) is 55.0 Å². The van der Waals surface area contributed by atoms with Crippen molar-refractivity contribution in [3.63, 3.8) is 0 Å². The molecule has 0 aliphatic heterocycles. The molecule has 128 valence electrons. The number of benzene rings is 3. The van der Waals surface area contributed by atoms with E-state index in [9.17, 15) is 0 Å². The van der Waals surface area contributed by atoms with Gasteiger partial charge in [0.1, 0.15) is 11.3 Å². The van der Waals surface area contributed by atoms with E-state index in [1.54, 1.807) is 0 Å². The Kier molecular flexibility index (Phi) is 2.35. The number of rotatable bonds is 0. The fourth-order valence-electron chi connectivity index (χ4n) is 4.88. The molecule has 3 heterocycles. The molecule has 0 saturated carbocycles. The third kappa shape index (κ3) is 1.62. The first kappa shape index (κ1) is 13.7. The van der Waals surface area contributed by atoms with Crippen LogP contribution in [0.15, 0.2) is 65.1 Å². The zero-order valence-electron chi connectivity index (χ0n) is 14.6. The maximum absolute atomic E-state index is 6.62. The molecule has 0 unspecified atom stereocenters. The standard InChI is InChI=1S/C24H16N2O/c1-3-7-17-15(5-1)21-19(25-17)11-9-13-14-10-12-20-22(24(14)27-23(13)21)16-6-2-4-8-18(16)26-20/h1-9,11,25-26H,10,12H2. The first-order valence-electron chi connectivity index (χ1n) is 9.43. The molecule has 0 fully saturated rings. The quantitative estimate of drug-likeness (QED) is 0.332. The molecule has 0 saturated heterocycles. The number of para-hydroxylation sites is 2. The topological polar surface area (TPSA) is 44.7 Å². The van der Waals surface area contributed by atoms with Crippen molar-refractivity contribution in [1.29, 1.82) is 0 Å². The van der Waals surface area contributed by atoms with Gasteiger partial charge in [0.15, 0.2) is 0 Å². The molecule has 0 atom stereocenters. The third-order valence-corrected chi connectivity index (χ3v) is 6.06. The fourth-order valence-corrected chi connectivity index (χ4v) is 4.88. The van der Waals surface area contributed by atoms with Gasteiger partial charge in [-0.1, -0.05) is 36.4 Å². The van der Waals surface area contributed by atoms with Crippen LogP contribution >= 0.6 is 0 Å². The van der Waals surface area contributed by atoms with Gasteiger partial charge >= 0.3 is 0 Å². The van der Waals surface area contributed by atoms with Gasteiger partial charge in [-0.25, -0.2) is 0 Å². The van der Waals surface area contributed by atoms with E-state index < -0.39 is 0 Å². The van der Waals surface area contributed by atoms with Crippen molar-refractivity contribution in [2.24, 2.45) is 0 Å². The maximum Gasteiger partial charge on any atom is 0.145 e. The summed E-state index contributed by atoms with van der Waals surface area (Å²) in [7, 11) is 0. The molecular weight excluding hydrogens is 332 g/mol. The molecule has 0 radical (unpaired) electrons. The molecule has 0 spiro atoms. The first-order chi connectivity index (χ1) is 13.4. The molecule has 2 N–H and O–H groups in total. The van der Waals surface area contributed by atoms with Gasteiger partial charge in [-0.3, -0.25) is 0 Å². The van der Waals surface area contributed by atoms with Gasteiger partial charge in [0.25, 0.3) is 0 Å². The monoisotopic (exact) mass is 348 g/mol. The van der Waals surface area contributed by atoms with Crippen LogP contribution in [0, 0.1) is 0 Å². The Morgan fingerprint density at radius 2 is 1.44 bits per heavy atom. The number of hydrogen-bond donors (Lipinski definition) is 2. The molecule has 0 amide bonds. The Hall–Kier alpha value is -3.46. The van der Waals surface area contributed by atoms with E-state index in [2.05, 4.69) is 70.6 Å². The second-order valence-corrected chi connectivity index (χ2v) is 7.47. The number of aromatic nitrogens is 2. The van der Waals surface area contributed by atoms with Crippen LogP contribution in [0.2, 0.25) is 0 Å². The number of nitrogens with one attached hydrogen (secondary N) is 2. The van der Waals surface area contributed by atoms with Gasteiger partial charge in [-0.15, -0.1) is 0 Å². The lowest BCUT2D eigenvalue weighted by Crippen LogP contribution is -2.00. The third-order valence-electron chi connectivity index (χ3n) is 6.06. The molecule has 0 bridgehead atoms. The Bertz CT molecular complexity index is 1530. The largest absolute Gasteiger partial charge is 0.455 e. The van der Waals surface area contributed by atoms with E-state index in [0.717, 1.165) is 35.2 Å². The van der Waals surface area contributed by atoms with Crippen molar-refractivity contribution in [1.82, 2.24) is 9.97 Å². The number of aryl methyl sites for hydroxylation is 2. The van der Waals surface area contributed by atoms with Gasteiger partial charge in [-0.2, -0.15) is 0 Å². The van der Waals surface area contributed by atoms with Crippen molar-refractivity contribution in [3.8, 4) is 11.3 Å². The number of aromatic amines is 2. The summed E-state index contributed by atoms with van der Waals surface area (Å²) in [6.45, 7) is 0. The van der Waals surface area contributed by atoms with Crippen LogP contribution in [0.4, 0.5) is 0 Å². The number of furan rings is 1. The van der Waals surface area contributed by atoms with Gasteiger partial charge in [0.05, 0.1) is 10.9 Å². The van der Waals surface area contributed by atoms with Gasteiger partial charge in [0.2, 0.25) is 0 Å². The smallest absolute Gasteiger partial charge is 0.145 e. The number of H-pyrrole nitrogens is 2. The lowest BCUT2D eigenvalue weighted by molar-refractivity contribution is 0.625. The zero-order valence-corrected chi connectivity index (χ0v) is 14.6. The summed E-state index contributed by atoms with van der Waals surface area (Å²) in [5.74, 6) is 1.04. The number of hydrogen-bond acceptors (Lipinski definition) is 1. The highest BCUT2D eigenvalue weighted by Gasteiger charge is 2.27. The molecule has 1 aliphatic carbocycles. The van der Waals surface area contributed by atoms with E-state index >= 15 is 0 Å². The van der Waals surface area contributed by atoms with Gasteiger partial charge < -0.3 is 14.4 Å². The highest BCUT2D eigenvalue weighted by molar-refractivity contribution is 6.19. The van der Waals surface area contributed by atoms with Crippen molar-refractivity contribution in [3.05, 3.63) is 71.9 Å². The van der Waals surface area contributed by atoms with E-state index in [4.69, 9.17) is 4.42 Å². The normalized spacial score (nSPS) is 13.6. The van der Waals surface area contributed by atoms with Crippen LogP contribution in [0.3, 0.4) is 0 Å². The average molecular weight is 348 g/mol. The van der Waals surface area contributed by atoms with Crippen LogP contribution in [-0.2, 0) is 12.8 Å². The van der Waals surface area contributed by atoms with E-state index in [1.807, 2.05) is 0 Å². The number of fused-ring (bicyclic) bond motifs is 11. The fraction of sp³-hybridized carbons (Fsp3) is 0.0833. The Morgan fingerprint density at radius 1 is 0.667 bits per heavy atom. The van der Waals surface area contributed by atoms with Crippen molar-refractivity contribution < 1.29 is 4.42 Å². The average Bonchev–Trinajstić information content (AvgIpc) is 3.37. The van der Waals surface area contributed by atoms with Crippen molar-refractivity contribution >= 4 is 43.7 Å². The molecule has 6 aromatic rings. The molecule has 3 nitrogen and oxygen atoms in total. The minimum atomic E-state index is 1.01. The summed E-state index contributed by atoms with van der Waals surface area (Å²) in [6.07, 6.45) is 2.04. The molecule has 3 aromatic heterocycles. The molecule has 7 rings (SSSR count). The van der Waals surface area contributed by atoms with Crippen LogP contribution in [0.5, 0.6) is 0 Å². The molecular formula is C24H16N2O. The van der Waals surface area contributed by atoms with E-state index in [0.29, 0.717) is 0 Å². The van der Waals surface area contributed by atoms with Crippen molar-refractivity contribution in [2.45, 2.75) is 12.8 Å². The van der Waals surface area contributed by atoms with Crippen molar-refractivity contribution in [2.75, 3.05) is 0 Å². The molecule has 27 heavy (non-hydrogen) atoms. The maximum atomic E-state index is 6.62. The van der Waals surface area contributed by atoms with E-state index in [1.165, 1.54) is 43.9 Å². The summed E-state index contributed by atoms with van der Waals surface area (Å²) >= 11 is 0. The van der Waals surface area contributed by atoms with E-state index in [-0.39, 0.29) is 0 Å². The van der Waals surface area contributed by atoms with Crippen LogP contribution in [0.1, 0.15) is 11.3 Å². The van der Waals surface area contributed by atoms with Crippen LogP contribution < -0.4 is 0 Å². The summed E-state index contributed by atoms with van der Waals surface area (Å²) in [6, 6.07) is 21.4. The second-order valence-electron chi connectivity index (χ2n) is 7.47. The predicted octanol–water partition coefficient (Wildman–Crippen LogP) is 6.31. The zero-order chi connectivity index (χ0) is 17.5. The SMILES string of the molecule is c1ccc2c3c([nH]c2c1)CCc1c-3oc2c1ccc1[nH]c3ccccc3c12. The lowest BCUT2D eigenvalue weighted by atomic mass is 9.92. The Morgan fingerprint density at radius 3 is 2.33 bits per heavy atom. The summed E-state index contributed by atoms with van der Waals surface area (Å²) < 4.78 is 6.62. The minimum Gasteiger partial charge on any atom is -0.455 e. The minimum absolute atomic E-state index is 1.01. The Labute approximate surface area is 154 Å². The highest BCUT2D eigenvalue weighted by atomic mass is 16.3. The summed E-state index contributed by atoms with van der Waals surface area (Å²) in [5.41, 5.74) is 8.36. The molecule has 3 aromatic carbocycles. The van der Waals surface area contributed by atoms with Crippen LogP contribution in [-0.4, -0.2) is 9.97 Å². The van der Waals surface area contributed by atoms with Gasteiger partial charge in [0, 0.05) is 44.0 Å². The summed E-state index contributed by atoms with van der Waals surface area (Å²) in [5, 5.41) is 4.92. The highest BCUT2D eigenvalue weighted by Crippen LogP contribution is 2.45. The second kappa shape index (κ2) is 4.63. The predicted molar refractivity (Wildman–Crippen MR) is 110 cm³/mol. The summed E-state index contributed by atoms with van der Waals surface area (Å²) in [4.78, 5) is 7.12. The lowest BCUT2D eigenvalue weighted by Gasteiger charge is -2.11. The molecule has 3 heteroatoms. The molecule has 1 aliphatic rings.